The number of ketones is 1. The fourth-order valence-corrected chi connectivity index (χ4v) is 1.70. The molecule has 0 spiro atoms. The van der Waals surface area contributed by atoms with E-state index in [2.05, 4.69) is 0 Å². The van der Waals surface area contributed by atoms with E-state index in [0.717, 1.165) is 12.0 Å². The summed E-state index contributed by atoms with van der Waals surface area (Å²) in [6, 6.07) is 0. The van der Waals surface area contributed by atoms with Crippen molar-refractivity contribution in [2.45, 2.75) is 38.5 Å². The lowest BCUT2D eigenvalue weighted by Crippen LogP contribution is -2.27. The molecule has 0 aliphatic heterocycles. The lowest BCUT2D eigenvalue weighted by atomic mass is 9.84. The standard InChI is InChI=1S/C10H15ClO/c1-7(2)8-4-5-10(3,11)6-9(8)12/h4,7H,5-6H2,1-3H3. The number of halogens is 1. The zero-order chi connectivity index (χ0) is 9.35. The fraction of sp³-hybridized carbons (Fsp3) is 0.700. The van der Waals surface area contributed by atoms with E-state index in [1.807, 2.05) is 26.8 Å². The molecule has 68 valence electrons. The minimum absolute atomic E-state index is 0.216. The van der Waals surface area contributed by atoms with Crippen LogP contribution in [0.5, 0.6) is 0 Å². The summed E-state index contributed by atoms with van der Waals surface area (Å²) >= 11 is 6.07. The zero-order valence-corrected chi connectivity index (χ0v) is 8.61. The van der Waals surface area contributed by atoms with Crippen molar-refractivity contribution in [1.82, 2.24) is 0 Å². The van der Waals surface area contributed by atoms with Gasteiger partial charge in [-0.1, -0.05) is 19.9 Å². The summed E-state index contributed by atoms with van der Waals surface area (Å²) in [6.45, 7) is 6.00. The smallest absolute Gasteiger partial charge is 0.160 e. The average Bonchev–Trinajstić information content (AvgIpc) is 1.83. The molecule has 0 aromatic rings. The fourth-order valence-electron chi connectivity index (χ4n) is 1.50. The highest BCUT2D eigenvalue weighted by molar-refractivity contribution is 6.26. The molecular formula is C10H15ClO. The predicted molar refractivity (Wildman–Crippen MR) is 51.4 cm³/mol. The first kappa shape index (κ1) is 9.79. The third kappa shape index (κ3) is 2.10. The molecule has 0 amide bonds. The normalized spacial score (nSPS) is 30.8. The predicted octanol–water partition coefficient (Wildman–Crippen LogP) is 2.93. The quantitative estimate of drug-likeness (QED) is 0.576. The molecular weight excluding hydrogens is 172 g/mol. The molecule has 0 saturated carbocycles. The maximum atomic E-state index is 11.5. The number of hydrogen-bond donors (Lipinski definition) is 0. The molecule has 1 rings (SSSR count). The third-order valence-corrected chi connectivity index (χ3v) is 2.51. The lowest BCUT2D eigenvalue weighted by molar-refractivity contribution is -0.116. The summed E-state index contributed by atoms with van der Waals surface area (Å²) in [5.41, 5.74) is 0.952. The van der Waals surface area contributed by atoms with Crippen LogP contribution < -0.4 is 0 Å². The number of carbonyl (C=O) groups excluding carboxylic acids is 1. The van der Waals surface area contributed by atoms with Gasteiger partial charge >= 0.3 is 0 Å². The van der Waals surface area contributed by atoms with E-state index >= 15 is 0 Å². The van der Waals surface area contributed by atoms with Gasteiger partial charge in [-0.05, 0) is 24.8 Å². The first-order valence-corrected chi connectivity index (χ1v) is 4.72. The van der Waals surface area contributed by atoms with Gasteiger partial charge in [0.15, 0.2) is 5.78 Å². The molecule has 0 heterocycles. The highest BCUT2D eigenvalue weighted by Crippen LogP contribution is 2.32. The Labute approximate surface area is 78.8 Å². The second kappa shape index (κ2) is 3.21. The van der Waals surface area contributed by atoms with Crippen LogP contribution in [-0.4, -0.2) is 10.7 Å². The number of allylic oxidation sites excluding steroid dienone is 2. The largest absolute Gasteiger partial charge is 0.294 e. The number of rotatable bonds is 1. The summed E-state index contributed by atoms with van der Waals surface area (Å²) in [7, 11) is 0. The van der Waals surface area contributed by atoms with E-state index in [0.29, 0.717) is 12.3 Å². The van der Waals surface area contributed by atoms with Crippen LogP contribution >= 0.6 is 11.6 Å². The highest BCUT2D eigenvalue weighted by atomic mass is 35.5. The molecule has 2 heteroatoms. The van der Waals surface area contributed by atoms with Gasteiger partial charge in [0.05, 0.1) is 4.87 Å². The van der Waals surface area contributed by atoms with E-state index in [1.165, 1.54) is 0 Å². The minimum Gasteiger partial charge on any atom is -0.294 e. The van der Waals surface area contributed by atoms with E-state index in [1.54, 1.807) is 0 Å². The molecule has 0 N–H and O–H groups in total. The third-order valence-electron chi connectivity index (χ3n) is 2.22. The first-order valence-electron chi connectivity index (χ1n) is 4.34. The van der Waals surface area contributed by atoms with Crippen molar-refractivity contribution in [1.29, 1.82) is 0 Å². The molecule has 1 atom stereocenters. The molecule has 1 aliphatic rings. The van der Waals surface area contributed by atoms with Crippen LogP contribution in [0.1, 0.15) is 33.6 Å². The minimum atomic E-state index is -0.338. The molecule has 0 radical (unpaired) electrons. The molecule has 12 heavy (non-hydrogen) atoms. The molecule has 1 aliphatic carbocycles. The summed E-state index contributed by atoms with van der Waals surface area (Å²) in [4.78, 5) is 11.2. The monoisotopic (exact) mass is 186 g/mol. The van der Waals surface area contributed by atoms with Crippen molar-refractivity contribution in [2.75, 3.05) is 0 Å². The van der Waals surface area contributed by atoms with Gasteiger partial charge in [-0.2, -0.15) is 0 Å². The van der Waals surface area contributed by atoms with E-state index in [4.69, 9.17) is 11.6 Å². The molecule has 0 saturated heterocycles. The number of Topliss-reactive ketones (excluding diaryl/α,β-unsaturated/α-hetero) is 1. The van der Waals surface area contributed by atoms with Crippen LogP contribution in [0.2, 0.25) is 0 Å². The highest BCUT2D eigenvalue weighted by Gasteiger charge is 2.30. The molecule has 0 aromatic heterocycles. The van der Waals surface area contributed by atoms with Crippen molar-refractivity contribution in [3.63, 3.8) is 0 Å². The van der Waals surface area contributed by atoms with Gasteiger partial charge in [0, 0.05) is 6.42 Å². The second-order valence-corrected chi connectivity index (χ2v) is 4.94. The van der Waals surface area contributed by atoms with Crippen LogP contribution in [0.15, 0.2) is 11.6 Å². The lowest BCUT2D eigenvalue weighted by Gasteiger charge is -2.26. The SMILES string of the molecule is CC(C)C1=CCC(C)(Cl)CC1=O. The van der Waals surface area contributed by atoms with Gasteiger partial charge in [0.2, 0.25) is 0 Å². The van der Waals surface area contributed by atoms with Crippen LogP contribution in [0.3, 0.4) is 0 Å². The van der Waals surface area contributed by atoms with Crippen LogP contribution in [0.25, 0.3) is 0 Å². The Kier molecular flexibility index (Phi) is 2.62. The van der Waals surface area contributed by atoms with Crippen molar-refractivity contribution in [3.05, 3.63) is 11.6 Å². The van der Waals surface area contributed by atoms with Gasteiger partial charge in [-0.25, -0.2) is 0 Å². The number of alkyl halides is 1. The summed E-state index contributed by atoms with van der Waals surface area (Å²) in [5.74, 6) is 0.555. The topological polar surface area (TPSA) is 17.1 Å². The second-order valence-electron chi connectivity index (χ2n) is 4.03. The molecule has 1 unspecified atom stereocenters. The Morgan fingerprint density at radius 3 is 2.58 bits per heavy atom. The number of carbonyl (C=O) groups is 1. The van der Waals surface area contributed by atoms with Crippen LogP contribution in [0.4, 0.5) is 0 Å². The molecule has 0 bridgehead atoms. The van der Waals surface area contributed by atoms with Crippen molar-refractivity contribution < 1.29 is 4.79 Å². The Balaban J connectivity index is 2.82. The van der Waals surface area contributed by atoms with E-state index in [-0.39, 0.29) is 10.7 Å². The van der Waals surface area contributed by atoms with Gasteiger partial charge < -0.3 is 0 Å². The van der Waals surface area contributed by atoms with Gasteiger partial charge in [-0.3, -0.25) is 4.79 Å². The Bertz CT molecular complexity index is 226. The Morgan fingerprint density at radius 1 is 1.58 bits per heavy atom. The average molecular weight is 187 g/mol. The van der Waals surface area contributed by atoms with E-state index in [9.17, 15) is 4.79 Å². The van der Waals surface area contributed by atoms with Gasteiger partial charge in [-0.15, -0.1) is 11.6 Å². The molecule has 0 aromatic carbocycles. The van der Waals surface area contributed by atoms with Crippen LogP contribution in [-0.2, 0) is 4.79 Å². The summed E-state index contributed by atoms with van der Waals surface area (Å²) < 4.78 is 0. The Morgan fingerprint density at radius 2 is 2.17 bits per heavy atom. The number of hydrogen-bond acceptors (Lipinski definition) is 1. The van der Waals surface area contributed by atoms with E-state index < -0.39 is 0 Å². The van der Waals surface area contributed by atoms with Crippen LogP contribution in [0, 0.1) is 5.92 Å². The van der Waals surface area contributed by atoms with Crippen molar-refractivity contribution in [2.24, 2.45) is 5.92 Å². The molecule has 0 fully saturated rings. The first-order chi connectivity index (χ1) is 5.42. The zero-order valence-electron chi connectivity index (χ0n) is 7.86. The summed E-state index contributed by atoms with van der Waals surface area (Å²) in [6.07, 6.45) is 3.29. The maximum Gasteiger partial charge on any atom is 0.160 e. The molecule has 1 nitrogen and oxygen atoms in total. The van der Waals surface area contributed by atoms with Gasteiger partial charge in [0.1, 0.15) is 0 Å². The van der Waals surface area contributed by atoms with Gasteiger partial charge in [0.25, 0.3) is 0 Å². The summed E-state index contributed by atoms with van der Waals surface area (Å²) in [5, 5.41) is 0. The maximum absolute atomic E-state index is 11.5. The Hall–Kier alpha value is -0.300. The van der Waals surface area contributed by atoms with Crippen molar-refractivity contribution in [3.8, 4) is 0 Å². The van der Waals surface area contributed by atoms with Crippen molar-refractivity contribution >= 4 is 17.4 Å².